The summed E-state index contributed by atoms with van der Waals surface area (Å²) in [6, 6.07) is 0.165. The molecule has 0 aromatic carbocycles. The highest BCUT2D eigenvalue weighted by Crippen LogP contribution is 2.40. The Kier molecular flexibility index (Phi) is 4.71. The Bertz CT molecular complexity index is 376. The van der Waals surface area contributed by atoms with Crippen molar-refractivity contribution in [1.29, 1.82) is 0 Å². The number of carbonyl (C=O) groups excluding carboxylic acids is 1. The Balaban J connectivity index is 2.09. The fraction of sp³-hybridized carbons (Fsp3) is 0.875. The molecule has 0 bridgehead atoms. The van der Waals surface area contributed by atoms with Gasteiger partial charge in [0.2, 0.25) is 5.91 Å². The van der Waals surface area contributed by atoms with E-state index in [1.165, 1.54) is 12.8 Å². The largest absolute Gasteiger partial charge is 0.481 e. The molecule has 2 fully saturated rings. The third kappa shape index (κ3) is 3.33. The molecule has 4 nitrogen and oxygen atoms in total. The second-order valence-electron chi connectivity index (χ2n) is 6.82. The van der Waals surface area contributed by atoms with Crippen LogP contribution in [0, 0.1) is 23.7 Å². The van der Waals surface area contributed by atoms with Gasteiger partial charge >= 0.3 is 5.97 Å². The Morgan fingerprint density at radius 1 is 1.15 bits per heavy atom. The van der Waals surface area contributed by atoms with E-state index in [1.54, 1.807) is 0 Å². The van der Waals surface area contributed by atoms with Crippen molar-refractivity contribution in [2.45, 2.75) is 58.9 Å². The lowest BCUT2D eigenvalue weighted by Gasteiger charge is -2.30. The standard InChI is InChI=1S/C16H27NO3/c1-4-11-7-13(14(8-11)16(19)20)15(18)17(10(2)3)9-12-5-6-12/h10-14H,4-9H2,1-3H3,(H,19,20). The first-order valence-electron chi connectivity index (χ1n) is 7.97. The molecule has 0 saturated heterocycles. The van der Waals surface area contributed by atoms with E-state index in [0.29, 0.717) is 18.3 Å². The van der Waals surface area contributed by atoms with Gasteiger partial charge in [-0.3, -0.25) is 9.59 Å². The van der Waals surface area contributed by atoms with E-state index in [-0.39, 0.29) is 17.9 Å². The molecule has 2 aliphatic carbocycles. The fourth-order valence-electron chi connectivity index (χ4n) is 3.37. The molecule has 3 atom stereocenters. The van der Waals surface area contributed by atoms with E-state index < -0.39 is 11.9 Å². The molecular formula is C16H27NO3. The van der Waals surface area contributed by atoms with Gasteiger partial charge in [0.05, 0.1) is 11.8 Å². The molecule has 0 spiro atoms. The predicted molar refractivity (Wildman–Crippen MR) is 77.2 cm³/mol. The van der Waals surface area contributed by atoms with Gasteiger partial charge in [-0.15, -0.1) is 0 Å². The first-order valence-corrected chi connectivity index (χ1v) is 7.97. The van der Waals surface area contributed by atoms with Gasteiger partial charge in [0.25, 0.3) is 0 Å². The van der Waals surface area contributed by atoms with Crippen molar-refractivity contribution < 1.29 is 14.7 Å². The minimum absolute atomic E-state index is 0.0789. The van der Waals surface area contributed by atoms with Crippen LogP contribution in [0.2, 0.25) is 0 Å². The average Bonchev–Trinajstić information content (AvgIpc) is 3.10. The van der Waals surface area contributed by atoms with E-state index in [4.69, 9.17) is 0 Å². The quantitative estimate of drug-likeness (QED) is 0.814. The molecule has 2 aliphatic rings. The van der Waals surface area contributed by atoms with E-state index >= 15 is 0 Å². The summed E-state index contributed by atoms with van der Waals surface area (Å²) in [5, 5.41) is 9.39. The molecular weight excluding hydrogens is 254 g/mol. The number of rotatable bonds is 6. The summed E-state index contributed by atoms with van der Waals surface area (Å²) in [6.07, 6.45) is 4.80. The topological polar surface area (TPSA) is 57.6 Å². The maximum absolute atomic E-state index is 12.8. The number of aliphatic carboxylic acids is 1. The van der Waals surface area contributed by atoms with Crippen molar-refractivity contribution in [1.82, 2.24) is 4.90 Å². The molecule has 0 radical (unpaired) electrons. The molecule has 0 aromatic rings. The lowest BCUT2D eigenvalue weighted by Crippen LogP contribution is -2.44. The zero-order chi connectivity index (χ0) is 14.9. The third-order valence-corrected chi connectivity index (χ3v) is 4.93. The number of carboxylic acid groups (broad SMARTS) is 1. The highest BCUT2D eigenvalue weighted by atomic mass is 16.4. The molecule has 1 N–H and O–H groups in total. The summed E-state index contributed by atoms with van der Waals surface area (Å²) in [7, 11) is 0. The van der Waals surface area contributed by atoms with Crippen molar-refractivity contribution in [3.63, 3.8) is 0 Å². The number of carbonyl (C=O) groups is 2. The van der Waals surface area contributed by atoms with Crippen LogP contribution in [0.5, 0.6) is 0 Å². The number of nitrogens with zero attached hydrogens (tertiary/aromatic N) is 1. The Morgan fingerprint density at radius 2 is 1.75 bits per heavy atom. The summed E-state index contributed by atoms with van der Waals surface area (Å²) < 4.78 is 0. The van der Waals surface area contributed by atoms with Crippen molar-refractivity contribution in [2.24, 2.45) is 23.7 Å². The van der Waals surface area contributed by atoms with Gasteiger partial charge in [0, 0.05) is 12.6 Å². The second kappa shape index (κ2) is 6.15. The Hall–Kier alpha value is -1.06. The lowest BCUT2D eigenvalue weighted by atomic mass is 9.94. The minimum Gasteiger partial charge on any atom is -0.481 e. The number of carboxylic acids is 1. The molecule has 4 heteroatoms. The highest BCUT2D eigenvalue weighted by molar-refractivity contribution is 5.85. The molecule has 0 heterocycles. The van der Waals surface area contributed by atoms with Crippen LogP contribution in [0.4, 0.5) is 0 Å². The van der Waals surface area contributed by atoms with E-state index in [9.17, 15) is 14.7 Å². The van der Waals surface area contributed by atoms with Gasteiger partial charge in [-0.1, -0.05) is 13.3 Å². The highest BCUT2D eigenvalue weighted by Gasteiger charge is 2.44. The van der Waals surface area contributed by atoms with Crippen LogP contribution >= 0.6 is 0 Å². The van der Waals surface area contributed by atoms with Gasteiger partial charge < -0.3 is 10.0 Å². The molecule has 2 rings (SSSR count). The molecule has 114 valence electrons. The van der Waals surface area contributed by atoms with Gasteiger partial charge in [0.1, 0.15) is 0 Å². The van der Waals surface area contributed by atoms with Crippen LogP contribution in [-0.2, 0) is 9.59 Å². The monoisotopic (exact) mass is 281 g/mol. The van der Waals surface area contributed by atoms with Crippen LogP contribution in [-0.4, -0.2) is 34.5 Å². The fourth-order valence-corrected chi connectivity index (χ4v) is 3.37. The SMILES string of the molecule is CCC1CC(C(=O)O)C(C(=O)N(CC2CC2)C(C)C)C1. The predicted octanol–water partition coefficient (Wildman–Crippen LogP) is 2.77. The van der Waals surface area contributed by atoms with Gasteiger partial charge in [-0.2, -0.15) is 0 Å². The summed E-state index contributed by atoms with van der Waals surface area (Å²) >= 11 is 0. The zero-order valence-corrected chi connectivity index (χ0v) is 12.8. The van der Waals surface area contributed by atoms with Gasteiger partial charge in [-0.05, 0) is 51.4 Å². The second-order valence-corrected chi connectivity index (χ2v) is 6.82. The first kappa shape index (κ1) is 15.3. The van der Waals surface area contributed by atoms with Gasteiger partial charge in [0.15, 0.2) is 0 Å². The summed E-state index contributed by atoms with van der Waals surface area (Å²) in [5.41, 5.74) is 0. The maximum atomic E-state index is 12.8. The van der Waals surface area contributed by atoms with Crippen LogP contribution in [0.3, 0.4) is 0 Å². The van der Waals surface area contributed by atoms with Gasteiger partial charge in [-0.25, -0.2) is 0 Å². The van der Waals surface area contributed by atoms with Crippen LogP contribution in [0.25, 0.3) is 0 Å². The van der Waals surface area contributed by atoms with Crippen molar-refractivity contribution in [2.75, 3.05) is 6.54 Å². The normalized spacial score (nSPS) is 29.7. The van der Waals surface area contributed by atoms with Crippen LogP contribution in [0.1, 0.15) is 52.9 Å². The first-order chi connectivity index (χ1) is 9.43. The smallest absolute Gasteiger partial charge is 0.307 e. The van der Waals surface area contributed by atoms with Crippen LogP contribution in [0.15, 0.2) is 0 Å². The molecule has 2 saturated carbocycles. The summed E-state index contributed by atoms with van der Waals surface area (Å²) in [4.78, 5) is 26.2. The van der Waals surface area contributed by atoms with Crippen molar-refractivity contribution in [3.05, 3.63) is 0 Å². The summed E-state index contributed by atoms with van der Waals surface area (Å²) in [5.74, 6) is -0.468. The molecule has 1 amide bonds. The zero-order valence-electron chi connectivity index (χ0n) is 12.8. The molecule has 20 heavy (non-hydrogen) atoms. The number of amides is 1. The minimum atomic E-state index is -0.797. The number of hydrogen-bond acceptors (Lipinski definition) is 2. The molecule has 0 aromatic heterocycles. The van der Waals surface area contributed by atoms with Crippen molar-refractivity contribution >= 4 is 11.9 Å². The Morgan fingerprint density at radius 3 is 2.20 bits per heavy atom. The maximum Gasteiger partial charge on any atom is 0.307 e. The molecule has 0 aliphatic heterocycles. The van der Waals surface area contributed by atoms with E-state index in [2.05, 4.69) is 6.92 Å². The third-order valence-electron chi connectivity index (χ3n) is 4.93. The molecule has 3 unspecified atom stereocenters. The number of hydrogen-bond donors (Lipinski definition) is 1. The average molecular weight is 281 g/mol. The van der Waals surface area contributed by atoms with E-state index in [1.807, 2.05) is 18.7 Å². The Labute approximate surface area is 121 Å². The lowest BCUT2D eigenvalue weighted by molar-refractivity contribution is -0.150. The summed E-state index contributed by atoms with van der Waals surface area (Å²) in [6.45, 7) is 6.96. The van der Waals surface area contributed by atoms with Crippen LogP contribution < -0.4 is 0 Å². The van der Waals surface area contributed by atoms with Crippen molar-refractivity contribution in [3.8, 4) is 0 Å². The van der Waals surface area contributed by atoms with E-state index in [0.717, 1.165) is 19.4 Å².